The monoisotopic (exact) mass is 269 g/mol. The molecule has 2 amide bonds. The normalized spacial score (nSPS) is 30.1. The highest BCUT2D eigenvalue weighted by Crippen LogP contribution is 2.10. The van der Waals surface area contributed by atoms with Gasteiger partial charge >= 0.3 is 0 Å². The molecule has 2 rings (SSSR count). The van der Waals surface area contributed by atoms with Crippen molar-refractivity contribution in [2.45, 2.75) is 32.4 Å². The molecule has 108 valence electrons. The van der Waals surface area contributed by atoms with Gasteiger partial charge in [-0.1, -0.05) is 6.92 Å². The Balaban J connectivity index is 1.93. The summed E-state index contributed by atoms with van der Waals surface area (Å²) in [6, 6.07) is -0.430. The quantitative estimate of drug-likeness (QED) is 0.746. The maximum Gasteiger partial charge on any atom is 0.244 e. The van der Waals surface area contributed by atoms with Gasteiger partial charge in [0.15, 0.2) is 0 Å². The highest BCUT2D eigenvalue weighted by atomic mass is 16.5. The van der Waals surface area contributed by atoms with Crippen LogP contribution in [-0.2, 0) is 14.3 Å². The first-order valence-corrected chi connectivity index (χ1v) is 7.02. The van der Waals surface area contributed by atoms with Gasteiger partial charge in [-0.25, -0.2) is 0 Å². The van der Waals surface area contributed by atoms with Crippen LogP contribution >= 0.6 is 0 Å². The third-order valence-corrected chi connectivity index (χ3v) is 3.76. The van der Waals surface area contributed by atoms with Crippen LogP contribution in [0.3, 0.4) is 0 Å². The molecule has 2 unspecified atom stereocenters. The van der Waals surface area contributed by atoms with Gasteiger partial charge in [-0.3, -0.25) is 14.5 Å². The Kier molecular flexibility index (Phi) is 4.76. The molecule has 2 fully saturated rings. The molecule has 0 radical (unpaired) electrons. The van der Waals surface area contributed by atoms with Crippen LogP contribution in [0, 0.1) is 0 Å². The molecule has 0 aromatic heterocycles. The number of nitrogens with one attached hydrogen (secondary N) is 1. The standard InChI is InChI=1S/C13H23N3O3/c1-3-15-6-7-19-11(8-15)9-16-5-4-12(17)14-10(2)13(16)18/h10-11H,3-9H2,1-2H3,(H,14,17). The minimum Gasteiger partial charge on any atom is -0.374 e. The van der Waals surface area contributed by atoms with E-state index in [1.165, 1.54) is 0 Å². The van der Waals surface area contributed by atoms with Crippen LogP contribution in [0.2, 0.25) is 0 Å². The smallest absolute Gasteiger partial charge is 0.244 e. The van der Waals surface area contributed by atoms with Gasteiger partial charge in [0.2, 0.25) is 11.8 Å². The number of hydrogen-bond acceptors (Lipinski definition) is 4. The highest BCUT2D eigenvalue weighted by Gasteiger charge is 2.29. The van der Waals surface area contributed by atoms with Gasteiger partial charge in [-0.15, -0.1) is 0 Å². The maximum atomic E-state index is 12.2. The molecule has 2 aliphatic heterocycles. The summed E-state index contributed by atoms with van der Waals surface area (Å²) < 4.78 is 5.72. The van der Waals surface area contributed by atoms with Crippen molar-refractivity contribution in [2.24, 2.45) is 0 Å². The first-order chi connectivity index (χ1) is 9.10. The van der Waals surface area contributed by atoms with Gasteiger partial charge in [-0.2, -0.15) is 0 Å². The van der Waals surface area contributed by atoms with Crippen molar-refractivity contribution in [3.05, 3.63) is 0 Å². The van der Waals surface area contributed by atoms with Crippen molar-refractivity contribution < 1.29 is 14.3 Å². The van der Waals surface area contributed by atoms with Crippen molar-refractivity contribution in [2.75, 3.05) is 39.3 Å². The average molecular weight is 269 g/mol. The molecular formula is C13H23N3O3. The molecule has 2 saturated heterocycles. The molecule has 1 N–H and O–H groups in total. The molecular weight excluding hydrogens is 246 g/mol. The van der Waals surface area contributed by atoms with Gasteiger partial charge in [0.1, 0.15) is 6.04 Å². The summed E-state index contributed by atoms with van der Waals surface area (Å²) in [5.41, 5.74) is 0. The number of amides is 2. The molecule has 0 bridgehead atoms. The van der Waals surface area contributed by atoms with Crippen LogP contribution in [0.1, 0.15) is 20.3 Å². The average Bonchev–Trinajstić information content (AvgIpc) is 2.52. The molecule has 0 saturated carbocycles. The van der Waals surface area contributed by atoms with Crippen LogP contribution in [0.25, 0.3) is 0 Å². The zero-order valence-electron chi connectivity index (χ0n) is 11.7. The van der Waals surface area contributed by atoms with Gasteiger partial charge in [-0.05, 0) is 13.5 Å². The zero-order chi connectivity index (χ0) is 13.8. The van der Waals surface area contributed by atoms with Gasteiger partial charge in [0, 0.05) is 32.6 Å². The summed E-state index contributed by atoms with van der Waals surface area (Å²) in [7, 11) is 0. The first-order valence-electron chi connectivity index (χ1n) is 7.02. The summed E-state index contributed by atoms with van der Waals surface area (Å²) in [6.07, 6.45) is 0.429. The van der Waals surface area contributed by atoms with Gasteiger partial charge in [0.25, 0.3) is 0 Å². The second kappa shape index (κ2) is 6.34. The van der Waals surface area contributed by atoms with Crippen LogP contribution < -0.4 is 5.32 Å². The molecule has 0 aromatic carbocycles. The number of rotatable bonds is 3. The number of hydrogen-bond donors (Lipinski definition) is 1. The maximum absolute atomic E-state index is 12.2. The number of likely N-dealkylation sites (N-methyl/N-ethyl adjacent to an activating group) is 1. The van der Waals surface area contributed by atoms with Crippen molar-refractivity contribution in [1.29, 1.82) is 0 Å². The predicted octanol–water partition coefficient (Wildman–Crippen LogP) is -0.556. The van der Waals surface area contributed by atoms with Crippen molar-refractivity contribution in [3.8, 4) is 0 Å². The van der Waals surface area contributed by atoms with Gasteiger partial charge < -0.3 is 15.0 Å². The highest BCUT2D eigenvalue weighted by molar-refractivity contribution is 5.89. The summed E-state index contributed by atoms with van der Waals surface area (Å²) in [6.45, 7) is 8.46. The lowest BCUT2D eigenvalue weighted by molar-refractivity contribution is -0.136. The molecule has 6 heteroatoms. The first kappa shape index (κ1) is 14.3. The topological polar surface area (TPSA) is 61.9 Å². The Morgan fingerprint density at radius 2 is 2.16 bits per heavy atom. The van der Waals surface area contributed by atoms with Crippen molar-refractivity contribution in [3.63, 3.8) is 0 Å². The van der Waals surface area contributed by atoms with Crippen LogP contribution in [0.15, 0.2) is 0 Å². The van der Waals surface area contributed by atoms with E-state index in [0.717, 1.165) is 19.6 Å². The molecule has 2 atom stereocenters. The van der Waals surface area contributed by atoms with E-state index < -0.39 is 6.04 Å². The number of carbonyl (C=O) groups excluding carboxylic acids is 2. The minimum absolute atomic E-state index is 0.0110. The fraction of sp³-hybridized carbons (Fsp3) is 0.846. The number of morpholine rings is 1. The van der Waals surface area contributed by atoms with E-state index in [2.05, 4.69) is 17.1 Å². The number of ether oxygens (including phenoxy) is 1. The second-order valence-corrected chi connectivity index (χ2v) is 5.21. The SMILES string of the molecule is CCN1CCOC(CN2CCC(=O)NC(C)C2=O)C1. The van der Waals surface area contributed by atoms with E-state index in [-0.39, 0.29) is 17.9 Å². The Hall–Kier alpha value is -1.14. The Labute approximate surface area is 114 Å². The Bertz CT molecular complexity index is 348. The molecule has 2 heterocycles. The molecule has 0 aliphatic carbocycles. The summed E-state index contributed by atoms with van der Waals surface area (Å²) in [5, 5.41) is 2.70. The molecule has 2 aliphatic rings. The van der Waals surface area contributed by atoms with E-state index in [4.69, 9.17) is 4.74 Å². The largest absolute Gasteiger partial charge is 0.374 e. The van der Waals surface area contributed by atoms with Crippen LogP contribution in [0.4, 0.5) is 0 Å². The fourth-order valence-corrected chi connectivity index (χ4v) is 2.60. The molecule has 19 heavy (non-hydrogen) atoms. The Morgan fingerprint density at radius 1 is 1.37 bits per heavy atom. The molecule has 0 spiro atoms. The lowest BCUT2D eigenvalue weighted by Crippen LogP contribution is -2.50. The summed E-state index contributed by atoms with van der Waals surface area (Å²) in [5.74, 6) is -0.0637. The van der Waals surface area contributed by atoms with E-state index in [9.17, 15) is 9.59 Å². The Morgan fingerprint density at radius 3 is 2.89 bits per heavy atom. The lowest BCUT2D eigenvalue weighted by atomic mass is 10.2. The second-order valence-electron chi connectivity index (χ2n) is 5.21. The van der Waals surface area contributed by atoms with Crippen molar-refractivity contribution in [1.82, 2.24) is 15.1 Å². The van der Waals surface area contributed by atoms with Crippen LogP contribution in [0.5, 0.6) is 0 Å². The van der Waals surface area contributed by atoms with Crippen LogP contribution in [-0.4, -0.2) is 73.1 Å². The molecule has 6 nitrogen and oxygen atoms in total. The lowest BCUT2D eigenvalue weighted by Gasteiger charge is -2.35. The third-order valence-electron chi connectivity index (χ3n) is 3.76. The van der Waals surface area contributed by atoms with Crippen molar-refractivity contribution >= 4 is 11.8 Å². The number of carbonyl (C=O) groups is 2. The third kappa shape index (κ3) is 3.67. The minimum atomic E-state index is -0.430. The summed E-state index contributed by atoms with van der Waals surface area (Å²) >= 11 is 0. The van der Waals surface area contributed by atoms with E-state index in [0.29, 0.717) is 26.1 Å². The van der Waals surface area contributed by atoms with E-state index >= 15 is 0 Å². The fourth-order valence-electron chi connectivity index (χ4n) is 2.60. The predicted molar refractivity (Wildman–Crippen MR) is 70.7 cm³/mol. The number of nitrogens with zero attached hydrogens (tertiary/aromatic N) is 2. The summed E-state index contributed by atoms with van der Waals surface area (Å²) in [4.78, 5) is 27.7. The van der Waals surface area contributed by atoms with Gasteiger partial charge in [0.05, 0.1) is 12.7 Å². The zero-order valence-corrected chi connectivity index (χ0v) is 11.7. The van der Waals surface area contributed by atoms with E-state index in [1.54, 1.807) is 11.8 Å². The van der Waals surface area contributed by atoms with E-state index in [1.807, 2.05) is 0 Å². The molecule has 0 aromatic rings.